The predicted octanol–water partition coefficient (Wildman–Crippen LogP) is 2.42. The molecule has 1 amide bonds. The highest BCUT2D eigenvalue weighted by atomic mass is 16.1. The Balaban J connectivity index is 1.64. The van der Waals surface area contributed by atoms with E-state index in [2.05, 4.69) is 40.1 Å². The van der Waals surface area contributed by atoms with E-state index in [4.69, 9.17) is 0 Å². The molecule has 0 unspecified atom stereocenters. The number of aromatic nitrogens is 2. The van der Waals surface area contributed by atoms with E-state index < -0.39 is 0 Å². The fraction of sp³-hybridized carbons (Fsp3) is 0.421. The van der Waals surface area contributed by atoms with Crippen molar-refractivity contribution in [1.82, 2.24) is 20.2 Å². The topological polar surface area (TPSA) is 58.1 Å². The molecule has 0 saturated heterocycles. The molecular formula is C19H24N4O. The number of nitrogens with one attached hydrogen (secondary N) is 1. The summed E-state index contributed by atoms with van der Waals surface area (Å²) in [5.74, 6) is 0.454. The van der Waals surface area contributed by atoms with Crippen molar-refractivity contribution in [3.8, 4) is 0 Å². The molecule has 2 heterocycles. The zero-order chi connectivity index (χ0) is 16.9. The van der Waals surface area contributed by atoms with Crippen molar-refractivity contribution in [2.45, 2.75) is 33.4 Å². The lowest BCUT2D eigenvalue weighted by Gasteiger charge is -2.27. The van der Waals surface area contributed by atoms with Crippen molar-refractivity contribution in [1.29, 1.82) is 0 Å². The first-order valence-corrected chi connectivity index (χ1v) is 8.49. The maximum absolute atomic E-state index is 12.2. The quantitative estimate of drug-likeness (QED) is 0.918. The standard InChI is InChI=1S/C19H24N4O/c1-14(2)9-21-19(24)16-5-3-4-15(8-16)11-23-7-6-17-10-20-13-22-18(17)12-23/h3-5,8,10,13-14H,6-7,9,11-12H2,1-2H3,(H,21,24). The number of carbonyl (C=O) groups excluding carboxylic acids is 1. The average Bonchev–Trinajstić information content (AvgIpc) is 2.60. The lowest BCUT2D eigenvalue weighted by atomic mass is 10.0. The van der Waals surface area contributed by atoms with Gasteiger partial charge >= 0.3 is 0 Å². The number of nitrogens with zero attached hydrogens (tertiary/aromatic N) is 3. The van der Waals surface area contributed by atoms with Gasteiger partial charge in [-0.15, -0.1) is 0 Å². The molecule has 1 aromatic heterocycles. The molecule has 0 radical (unpaired) electrons. The fourth-order valence-electron chi connectivity index (χ4n) is 2.91. The Morgan fingerprint density at radius 2 is 2.25 bits per heavy atom. The van der Waals surface area contributed by atoms with Gasteiger partial charge < -0.3 is 5.32 Å². The van der Waals surface area contributed by atoms with Gasteiger partial charge in [0.15, 0.2) is 0 Å². The van der Waals surface area contributed by atoms with Crippen LogP contribution < -0.4 is 5.32 Å². The first kappa shape index (κ1) is 16.6. The normalized spacial score (nSPS) is 14.5. The Morgan fingerprint density at radius 1 is 1.38 bits per heavy atom. The summed E-state index contributed by atoms with van der Waals surface area (Å²) < 4.78 is 0. The Morgan fingerprint density at radius 3 is 3.08 bits per heavy atom. The smallest absolute Gasteiger partial charge is 0.251 e. The second-order valence-electron chi connectivity index (χ2n) is 6.76. The molecule has 1 aliphatic rings. The van der Waals surface area contributed by atoms with Crippen molar-refractivity contribution >= 4 is 5.91 Å². The third kappa shape index (κ3) is 4.17. The average molecular weight is 324 g/mol. The third-order valence-electron chi connectivity index (χ3n) is 4.22. The Hall–Kier alpha value is -2.27. The van der Waals surface area contributed by atoms with Crippen LogP contribution in [0.15, 0.2) is 36.8 Å². The Labute approximate surface area is 143 Å². The number of hydrogen-bond acceptors (Lipinski definition) is 4. The molecule has 5 nitrogen and oxygen atoms in total. The Kier molecular flexibility index (Phi) is 5.20. The summed E-state index contributed by atoms with van der Waals surface area (Å²) >= 11 is 0. The van der Waals surface area contributed by atoms with Crippen LogP contribution in [0, 0.1) is 5.92 Å². The lowest BCUT2D eigenvalue weighted by molar-refractivity contribution is 0.0949. The van der Waals surface area contributed by atoms with Gasteiger partial charge in [0.05, 0.1) is 5.69 Å². The van der Waals surface area contributed by atoms with Gasteiger partial charge in [0.2, 0.25) is 0 Å². The summed E-state index contributed by atoms with van der Waals surface area (Å²) in [5, 5.41) is 2.97. The zero-order valence-electron chi connectivity index (χ0n) is 14.3. The van der Waals surface area contributed by atoms with Gasteiger partial charge in [-0.3, -0.25) is 9.69 Å². The summed E-state index contributed by atoms with van der Waals surface area (Å²) in [5.41, 5.74) is 4.25. The number of fused-ring (bicyclic) bond motifs is 1. The molecule has 0 aliphatic carbocycles. The molecule has 0 bridgehead atoms. The maximum Gasteiger partial charge on any atom is 0.251 e. The third-order valence-corrected chi connectivity index (χ3v) is 4.22. The molecule has 0 saturated carbocycles. The highest BCUT2D eigenvalue weighted by Gasteiger charge is 2.17. The minimum atomic E-state index is 0.00211. The molecule has 0 fully saturated rings. The van der Waals surface area contributed by atoms with Crippen LogP contribution in [0.5, 0.6) is 0 Å². The van der Waals surface area contributed by atoms with Crippen LogP contribution >= 0.6 is 0 Å². The molecule has 126 valence electrons. The van der Waals surface area contributed by atoms with Gasteiger partial charge in [-0.05, 0) is 35.6 Å². The predicted molar refractivity (Wildman–Crippen MR) is 93.5 cm³/mol. The monoisotopic (exact) mass is 324 g/mol. The maximum atomic E-state index is 12.2. The summed E-state index contributed by atoms with van der Waals surface area (Å²) in [4.78, 5) is 23.1. The number of benzene rings is 1. The van der Waals surface area contributed by atoms with Gasteiger partial charge in [-0.1, -0.05) is 26.0 Å². The van der Waals surface area contributed by atoms with E-state index in [-0.39, 0.29) is 5.91 Å². The number of hydrogen-bond donors (Lipinski definition) is 1. The molecule has 1 aromatic carbocycles. The van der Waals surface area contributed by atoms with Gasteiger partial charge in [0.1, 0.15) is 6.33 Å². The second-order valence-corrected chi connectivity index (χ2v) is 6.76. The van der Waals surface area contributed by atoms with E-state index in [1.165, 1.54) is 5.56 Å². The molecule has 5 heteroatoms. The van der Waals surface area contributed by atoms with Crippen molar-refractivity contribution in [3.63, 3.8) is 0 Å². The minimum Gasteiger partial charge on any atom is -0.352 e. The second kappa shape index (κ2) is 7.53. The number of amides is 1. The molecule has 0 atom stereocenters. The van der Waals surface area contributed by atoms with E-state index in [0.29, 0.717) is 12.5 Å². The fourth-order valence-corrected chi connectivity index (χ4v) is 2.91. The van der Waals surface area contributed by atoms with Crippen molar-refractivity contribution in [2.24, 2.45) is 5.92 Å². The molecular weight excluding hydrogens is 300 g/mol. The van der Waals surface area contributed by atoms with Gasteiger partial charge in [-0.25, -0.2) is 9.97 Å². The summed E-state index contributed by atoms with van der Waals surface area (Å²) in [7, 11) is 0. The first-order valence-electron chi connectivity index (χ1n) is 8.49. The summed E-state index contributed by atoms with van der Waals surface area (Å²) in [6.07, 6.45) is 4.51. The van der Waals surface area contributed by atoms with Crippen LogP contribution in [-0.4, -0.2) is 33.9 Å². The first-order chi connectivity index (χ1) is 11.6. The van der Waals surface area contributed by atoms with Crippen molar-refractivity contribution < 1.29 is 4.79 Å². The van der Waals surface area contributed by atoms with E-state index in [1.54, 1.807) is 6.33 Å². The molecule has 1 N–H and O–H groups in total. The summed E-state index contributed by atoms with van der Waals surface area (Å²) in [6, 6.07) is 7.90. The molecule has 2 aromatic rings. The Bertz CT molecular complexity index is 714. The largest absolute Gasteiger partial charge is 0.352 e. The van der Waals surface area contributed by atoms with Crippen LogP contribution in [0.1, 0.15) is 41.0 Å². The molecule has 3 rings (SSSR count). The van der Waals surface area contributed by atoms with Crippen LogP contribution in [-0.2, 0) is 19.5 Å². The van der Waals surface area contributed by atoms with Gasteiger partial charge in [-0.2, -0.15) is 0 Å². The number of carbonyl (C=O) groups is 1. The zero-order valence-corrected chi connectivity index (χ0v) is 14.3. The van der Waals surface area contributed by atoms with Gasteiger partial charge in [0.25, 0.3) is 5.91 Å². The summed E-state index contributed by atoms with van der Waals surface area (Å²) in [6.45, 7) is 7.54. The SMILES string of the molecule is CC(C)CNC(=O)c1cccc(CN2CCc3cncnc3C2)c1. The minimum absolute atomic E-state index is 0.00211. The number of rotatable bonds is 5. The van der Waals surface area contributed by atoms with Crippen LogP contribution in [0.2, 0.25) is 0 Å². The highest BCUT2D eigenvalue weighted by Crippen LogP contribution is 2.18. The van der Waals surface area contributed by atoms with Crippen LogP contribution in [0.4, 0.5) is 0 Å². The van der Waals surface area contributed by atoms with Crippen LogP contribution in [0.3, 0.4) is 0 Å². The highest BCUT2D eigenvalue weighted by molar-refractivity contribution is 5.94. The van der Waals surface area contributed by atoms with Gasteiger partial charge in [0, 0.05) is 37.9 Å². The molecule has 24 heavy (non-hydrogen) atoms. The van der Waals surface area contributed by atoms with E-state index in [1.807, 2.05) is 24.4 Å². The molecule has 1 aliphatic heterocycles. The van der Waals surface area contributed by atoms with Crippen LogP contribution in [0.25, 0.3) is 0 Å². The van der Waals surface area contributed by atoms with E-state index >= 15 is 0 Å². The lowest BCUT2D eigenvalue weighted by Crippen LogP contribution is -2.31. The van der Waals surface area contributed by atoms with Crippen molar-refractivity contribution in [3.05, 3.63) is 59.2 Å². The van der Waals surface area contributed by atoms with E-state index in [0.717, 1.165) is 42.9 Å². The molecule has 0 spiro atoms. The van der Waals surface area contributed by atoms with Crippen molar-refractivity contribution in [2.75, 3.05) is 13.1 Å². The van der Waals surface area contributed by atoms with E-state index in [9.17, 15) is 4.79 Å².